The molecule has 460 valence electrons. The summed E-state index contributed by atoms with van der Waals surface area (Å²) in [6.45, 7) is 4.90. The summed E-state index contributed by atoms with van der Waals surface area (Å²) in [6.07, 6.45) is 86.8. The molecule has 0 aliphatic heterocycles. The highest BCUT2D eigenvalue weighted by Crippen LogP contribution is 2.18. The summed E-state index contributed by atoms with van der Waals surface area (Å²) >= 11 is 0. The number of unbranched alkanes of at least 4 members (excludes halogenated alkanes) is 51. The zero-order chi connectivity index (χ0) is 56.4. The van der Waals surface area contributed by atoms with Crippen LogP contribution in [0.15, 0.2) is 36.5 Å². The van der Waals surface area contributed by atoms with E-state index < -0.39 is 12.1 Å². The summed E-state index contributed by atoms with van der Waals surface area (Å²) in [7, 11) is 0. The molecule has 2 atom stereocenters. The van der Waals surface area contributed by atoms with Gasteiger partial charge in [0.15, 0.2) is 0 Å². The number of carbonyl (C=O) groups is 2. The normalized spacial score (nSPS) is 12.7. The Labute approximate surface area is 487 Å². The van der Waals surface area contributed by atoms with Crippen LogP contribution in [0.2, 0.25) is 0 Å². The van der Waals surface area contributed by atoms with Crippen molar-refractivity contribution in [2.45, 2.75) is 398 Å². The molecule has 0 aliphatic carbocycles. The van der Waals surface area contributed by atoms with Crippen molar-refractivity contribution in [2.75, 3.05) is 13.2 Å². The van der Waals surface area contributed by atoms with E-state index in [9.17, 15) is 19.8 Å². The third-order valence-electron chi connectivity index (χ3n) is 16.4. The van der Waals surface area contributed by atoms with Crippen molar-refractivity contribution in [1.29, 1.82) is 0 Å². The van der Waals surface area contributed by atoms with Crippen LogP contribution in [-0.4, -0.2) is 47.4 Å². The predicted molar refractivity (Wildman–Crippen MR) is 343 cm³/mol. The summed E-state index contributed by atoms with van der Waals surface area (Å²) in [6, 6.07) is -0.624. The number of hydrogen-bond acceptors (Lipinski definition) is 5. The molecule has 0 spiro atoms. The van der Waals surface area contributed by atoms with Gasteiger partial charge in [0.2, 0.25) is 5.91 Å². The van der Waals surface area contributed by atoms with Crippen LogP contribution in [0.4, 0.5) is 0 Å². The first-order chi connectivity index (χ1) is 38.5. The monoisotopic (exact) mass is 1100 g/mol. The summed E-state index contributed by atoms with van der Waals surface area (Å²) in [5.74, 6) is -0.0487. The summed E-state index contributed by atoms with van der Waals surface area (Å²) < 4.78 is 5.51. The number of rotatable bonds is 66. The first-order valence-corrected chi connectivity index (χ1v) is 35.3. The van der Waals surface area contributed by atoms with E-state index >= 15 is 0 Å². The van der Waals surface area contributed by atoms with Crippen molar-refractivity contribution in [3.05, 3.63) is 36.5 Å². The molecule has 0 radical (unpaired) electrons. The average Bonchev–Trinajstić information content (AvgIpc) is 3.44. The number of allylic oxidation sites excluding steroid dienone is 5. The number of hydrogen-bond donors (Lipinski definition) is 3. The Balaban J connectivity index is 3.34. The molecule has 6 heteroatoms. The van der Waals surface area contributed by atoms with E-state index in [4.69, 9.17) is 4.74 Å². The van der Waals surface area contributed by atoms with Gasteiger partial charge in [-0.3, -0.25) is 9.59 Å². The topological polar surface area (TPSA) is 95.9 Å². The smallest absolute Gasteiger partial charge is 0.305 e. The Morgan fingerprint density at radius 3 is 0.974 bits per heavy atom. The second kappa shape index (κ2) is 67.6. The van der Waals surface area contributed by atoms with E-state index in [2.05, 4.69) is 43.5 Å². The Morgan fingerprint density at radius 1 is 0.359 bits per heavy atom. The lowest BCUT2D eigenvalue weighted by molar-refractivity contribution is -0.143. The zero-order valence-corrected chi connectivity index (χ0v) is 52.7. The molecule has 0 bridgehead atoms. The van der Waals surface area contributed by atoms with Gasteiger partial charge in [0.25, 0.3) is 0 Å². The van der Waals surface area contributed by atoms with Gasteiger partial charge in [-0.1, -0.05) is 346 Å². The van der Waals surface area contributed by atoms with Crippen LogP contribution in [0.5, 0.6) is 0 Å². The quantitative estimate of drug-likeness (QED) is 0.0320. The van der Waals surface area contributed by atoms with Gasteiger partial charge in [0.1, 0.15) is 0 Å². The van der Waals surface area contributed by atoms with Gasteiger partial charge in [-0.25, -0.2) is 0 Å². The Morgan fingerprint density at radius 2 is 0.641 bits per heavy atom. The molecule has 0 rings (SSSR count). The Bertz CT molecular complexity index is 1260. The van der Waals surface area contributed by atoms with E-state index in [0.29, 0.717) is 19.4 Å². The van der Waals surface area contributed by atoms with E-state index in [0.717, 1.165) is 44.9 Å². The number of nitrogens with one attached hydrogen (secondary N) is 1. The molecule has 0 heterocycles. The van der Waals surface area contributed by atoms with Crippen LogP contribution >= 0.6 is 0 Å². The summed E-state index contributed by atoms with van der Waals surface area (Å²) in [5.41, 5.74) is 0. The van der Waals surface area contributed by atoms with E-state index in [-0.39, 0.29) is 18.5 Å². The summed E-state index contributed by atoms with van der Waals surface area (Å²) in [5, 5.41) is 23.0. The Kier molecular flexibility index (Phi) is 65.9. The van der Waals surface area contributed by atoms with E-state index in [1.54, 1.807) is 6.08 Å². The van der Waals surface area contributed by atoms with Crippen LogP contribution in [0.1, 0.15) is 386 Å². The highest BCUT2D eigenvalue weighted by atomic mass is 16.5. The van der Waals surface area contributed by atoms with Crippen LogP contribution in [0.3, 0.4) is 0 Å². The lowest BCUT2D eigenvalue weighted by Crippen LogP contribution is -2.45. The van der Waals surface area contributed by atoms with Crippen molar-refractivity contribution in [1.82, 2.24) is 5.32 Å². The highest BCUT2D eigenvalue weighted by molar-refractivity contribution is 5.76. The maximum absolute atomic E-state index is 12.4. The summed E-state index contributed by atoms with van der Waals surface area (Å²) in [4.78, 5) is 24.5. The van der Waals surface area contributed by atoms with Gasteiger partial charge in [-0.2, -0.15) is 0 Å². The van der Waals surface area contributed by atoms with Crippen LogP contribution in [0, 0.1) is 0 Å². The zero-order valence-electron chi connectivity index (χ0n) is 52.7. The molecule has 0 aromatic carbocycles. The van der Waals surface area contributed by atoms with Crippen molar-refractivity contribution >= 4 is 11.9 Å². The SMILES string of the molecule is CCCCCCCCC/C=C/C(O)C(CO)NC(=O)CCCCCCCCCCCCCCCCCCC/C=C\C/C=C\CCCCCCCCCCCOC(=O)CCCCCCCCCCCCCCCCCCCCC. The molecule has 2 unspecified atom stereocenters. The average molecular weight is 1100 g/mol. The number of amides is 1. The minimum Gasteiger partial charge on any atom is -0.466 e. The molecule has 78 heavy (non-hydrogen) atoms. The lowest BCUT2D eigenvalue weighted by atomic mass is 10.0. The number of aliphatic hydroxyl groups is 2. The molecule has 3 N–H and O–H groups in total. The maximum atomic E-state index is 12.4. The molecule has 6 nitrogen and oxygen atoms in total. The second-order valence-electron chi connectivity index (χ2n) is 24.2. The molecule has 0 aromatic rings. The number of carbonyl (C=O) groups excluding carboxylic acids is 2. The minimum atomic E-state index is -0.841. The largest absolute Gasteiger partial charge is 0.466 e. The molecule has 0 aliphatic rings. The third kappa shape index (κ3) is 63.3. The van der Waals surface area contributed by atoms with E-state index in [1.807, 2.05) is 6.08 Å². The molecule has 1 amide bonds. The van der Waals surface area contributed by atoms with E-state index in [1.165, 1.54) is 315 Å². The third-order valence-corrected chi connectivity index (χ3v) is 16.4. The van der Waals surface area contributed by atoms with Crippen molar-refractivity contribution in [2.24, 2.45) is 0 Å². The molecule has 0 fully saturated rings. The van der Waals surface area contributed by atoms with Crippen molar-refractivity contribution in [3.8, 4) is 0 Å². The van der Waals surface area contributed by atoms with Gasteiger partial charge >= 0.3 is 5.97 Å². The van der Waals surface area contributed by atoms with Crippen LogP contribution in [-0.2, 0) is 14.3 Å². The number of ether oxygens (including phenoxy) is 1. The highest BCUT2D eigenvalue weighted by Gasteiger charge is 2.18. The predicted octanol–water partition coefficient (Wildman–Crippen LogP) is 22.7. The van der Waals surface area contributed by atoms with Gasteiger partial charge in [0.05, 0.1) is 25.4 Å². The first-order valence-electron chi connectivity index (χ1n) is 35.3. The number of aliphatic hydroxyl groups excluding tert-OH is 2. The van der Waals surface area contributed by atoms with Gasteiger partial charge in [-0.05, 0) is 64.2 Å². The standard InChI is InChI=1S/C72H137NO5/c1-3-5-7-9-11-13-14-15-16-17-33-37-40-43-46-50-54-58-62-66-72(77)78-67-63-59-55-51-47-44-41-38-35-32-30-28-26-24-22-20-18-19-21-23-25-27-29-31-34-36-39-42-45-49-53-57-61-65-71(76)73-69(68-74)70(75)64-60-56-52-48-12-10-8-6-4-2/h22,24,28,30,60,64,69-70,74-75H,3-21,23,25-27,29,31-59,61-63,65-68H2,1-2H3,(H,73,76)/b24-22-,30-28-,64-60+. The fourth-order valence-corrected chi connectivity index (χ4v) is 11.0. The van der Waals surface area contributed by atoms with Gasteiger partial charge < -0.3 is 20.3 Å². The second-order valence-corrected chi connectivity index (χ2v) is 24.2. The Hall–Kier alpha value is -1.92. The van der Waals surface area contributed by atoms with Gasteiger partial charge in [0, 0.05) is 12.8 Å². The number of esters is 1. The van der Waals surface area contributed by atoms with Gasteiger partial charge in [-0.15, -0.1) is 0 Å². The fourth-order valence-electron chi connectivity index (χ4n) is 11.0. The van der Waals surface area contributed by atoms with Crippen LogP contribution < -0.4 is 5.32 Å². The molecule has 0 saturated carbocycles. The van der Waals surface area contributed by atoms with Crippen molar-refractivity contribution in [3.63, 3.8) is 0 Å². The molecule has 0 aromatic heterocycles. The minimum absolute atomic E-state index is 0.0190. The molecular formula is C72H137NO5. The first kappa shape index (κ1) is 76.1. The lowest BCUT2D eigenvalue weighted by Gasteiger charge is -2.20. The molecule has 0 saturated heterocycles. The van der Waals surface area contributed by atoms with Crippen LogP contribution in [0.25, 0.3) is 0 Å². The molecular weight excluding hydrogens is 959 g/mol. The maximum Gasteiger partial charge on any atom is 0.305 e. The van der Waals surface area contributed by atoms with Crippen molar-refractivity contribution < 1.29 is 24.5 Å². The fraction of sp³-hybridized carbons (Fsp3) is 0.889.